The molecule has 0 aliphatic rings. The molecule has 3 rings (SSSR count). The Morgan fingerprint density at radius 1 is 1.12 bits per heavy atom. The van der Waals surface area contributed by atoms with Crippen molar-refractivity contribution in [3.63, 3.8) is 0 Å². The van der Waals surface area contributed by atoms with Crippen LogP contribution in [-0.2, 0) is 0 Å². The van der Waals surface area contributed by atoms with Crippen LogP contribution in [0, 0.1) is 17.4 Å². The molecule has 0 nitrogen and oxygen atoms in total. The van der Waals surface area contributed by atoms with E-state index in [1.54, 1.807) is 0 Å². The Hall–Kier alpha value is -0.320. The van der Waals surface area contributed by atoms with Gasteiger partial charge >= 0.3 is 0 Å². The van der Waals surface area contributed by atoms with Gasteiger partial charge in [-0.05, 0) is 65.8 Å². The Bertz CT molecular complexity index is 743. The Kier molecular flexibility index (Phi) is 2.84. The summed E-state index contributed by atoms with van der Waals surface area (Å²) in [7, 11) is 0. The molecule has 3 heteroatoms. The largest absolute Gasteiger partial charge is 0.135 e. The van der Waals surface area contributed by atoms with Crippen LogP contribution in [0.5, 0.6) is 0 Å². The maximum Gasteiger partial charge on any atom is 0.0420 e. The highest BCUT2D eigenvalue weighted by atomic mass is 127. The quantitative estimate of drug-likeness (QED) is 0.429. The lowest BCUT2D eigenvalue weighted by atomic mass is 10.1. The number of benzene rings is 2. The maximum atomic E-state index is 6.05. The van der Waals surface area contributed by atoms with Gasteiger partial charge in [0.25, 0.3) is 0 Å². The topological polar surface area (TPSA) is 0 Å². The second-order valence-electron chi connectivity index (χ2n) is 4.25. The molecule has 0 saturated carbocycles. The second kappa shape index (κ2) is 4.11. The zero-order chi connectivity index (χ0) is 12.2. The number of halogens is 2. The molecule has 3 aromatic rings. The summed E-state index contributed by atoms with van der Waals surface area (Å²) in [6.45, 7) is 4.38. The van der Waals surface area contributed by atoms with Gasteiger partial charge in [-0.15, -0.1) is 11.3 Å². The third-order valence-corrected chi connectivity index (χ3v) is 6.25. The molecule has 0 aliphatic carbocycles. The molecular formula is C14H10ClIS. The minimum absolute atomic E-state index is 0.813. The first-order valence-electron chi connectivity index (χ1n) is 5.35. The normalized spacial score (nSPS) is 11.5. The molecule has 86 valence electrons. The first-order chi connectivity index (χ1) is 8.08. The molecule has 0 radical (unpaired) electrons. The van der Waals surface area contributed by atoms with Gasteiger partial charge in [-0.3, -0.25) is 0 Å². The molecule has 0 amide bonds. The number of hydrogen-bond donors (Lipinski definition) is 0. The minimum Gasteiger partial charge on any atom is -0.135 e. The lowest BCUT2D eigenvalue weighted by Gasteiger charge is -2.04. The fourth-order valence-electron chi connectivity index (χ4n) is 2.19. The maximum absolute atomic E-state index is 6.05. The van der Waals surface area contributed by atoms with Gasteiger partial charge in [0.15, 0.2) is 0 Å². The Balaban J connectivity index is 2.56. The van der Waals surface area contributed by atoms with Crippen LogP contribution in [0.4, 0.5) is 0 Å². The number of thiophene rings is 1. The van der Waals surface area contributed by atoms with Gasteiger partial charge in [0.05, 0.1) is 0 Å². The zero-order valence-corrected chi connectivity index (χ0v) is 13.2. The standard InChI is InChI=1S/C14H10ClIS/c1-7-5-11-10-4-3-9(15)6-12(10)17-14(11)8(2)13(7)16/h3-6H,1-2H3. The molecule has 0 bridgehead atoms. The molecule has 0 N–H and O–H groups in total. The molecule has 1 heterocycles. The summed E-state index contributed by atoms with van der Waals surface area (Å²) in [6.07, 6.45) is 0. The van der Waals surface area contributed by atoms with Crippen LogP contribution >= 0.6 is 45.5 Å². The van der Waals surface area contributed by atoms with Gasteiger partial charge < -0.3 is 0 Å². The molecule has 2 aromatic carbocycles. The van der Waals surface area contributed by atoms with Gasteiger partial charge in [-0.2, -0.15) is 0 Å². The van der Waals surface area contributed by atoms with Crippen molar-refractivity contribution in [2.75, 3.05) is 0 Å². The van der Waals surface area contributed by atoms with Crippen LogP contribution in [0.15, 0.2) is 24.3 Å². The summed E-state index contributed by atoms with van der Waals surface area (Å²) in [5.41, 5.74) is 2.74. The van der Waals surface area contributed by atoms with Gasteiger partial charge in [0, 0.05) is 28.8 Å². The Labute approximate surface area is 123 Å². The van der Waals surface area contributed by atoms with E-state index in [2.05, 4.69) is 54.6 Å². The van der Waals surface area contributed by atoms with Crippen molar-refractivity contribution in [1.82, 2.24) is 0 Å². The van der Waals surface area contributed by atoms with Crippen molar-refractivity contribution < 1.29 is 0 Å². The second-order valence-corrected chi connectivity index (χ2v) is 6.82. The van der Waals surface area contributed by atoms with E-state index >= 15 is 0 Å². The molecular weight excluding hydrogens is 363 g/mol. The van der Waals surface area contributed by atoms with Gasteiger partial charge in [0.1, 0.15) is 0 Å². The highest BCUT2D eigenvalue weighted by molar-refractivity contribution is 14.1. The lowest BCUT2D eigenvalue weighted by Crippen LogP contribution is -1.85. The Morgan fingerprint density at radius 3 is 2.65 bits per heavy atom. The Morgan fingerprint density at radius 2 is 1.88 bits per heavy atom. The fraction of sp³-hybridized carbons (Fsp3) is 0.143. The summed E-state index contributed by atoms with van der Waals surface area (Å²) in [5, 5.41) is 3.49. The molecule has 0 fully saturated rings. The van der Waals surface area contributed by atoms with Crippen LogP contribution in [0.2, 0.25) is 5.02 Å². The fourth-order valence-corrected chi connectivity index (χ4v) is 4.26. The van der Waals surface area contributed by atoms with Crippen molar-refractivity contribution in [2.45, 2.75) is 13.8 Å². The van der Waals surface area contributed by atoms with E-state index in [1.807, 2.05) is 17.4 Å². The van der Waals surface area contributed by atoms with E-state index < -0.39 is 0 Å². The first kappa shape index (κ1) is 11.8. The van der Waals surface area contributed by atoms with Crippen LogP contribution in [0.3, 0.4) is 0 Å². The van der Waals surface area contributed by atoms with E-state index in [-0.39, 0.29) is 0 Å². The summed E-state index contributed by atoms with van der Waals surface area (Å²) in [4.78, 5) is 0. The highest BCUT2D eigenvalue weighted by Crippen LogP contribution is 2.39. The molecule has 17 heavy (non-hydrogen) atoms. The molecule has 1 aromatic heterocycles. The van der Waals surface area contributed by atoms with E-state index in [9.17, 15) is 0 Å². The summed E-state index contributed by atoms with van der Waals surface area (Å²) < 4.78 is 4.03. The predicted molar refractivity (Wildman–Crippen MR) is 86.5 cm³/mol. The number of aryl methyl sites for hydroxylation is 2. The molecule has 0 saturated heterocycles. The molecule has 0 spiro atoms. The third kappa shape index (κ3) is 1.77. The van der Waals surface area contributed by atoms with E-state index in [1.165, 1.54) is 34.9 Å². The lowest BCUT2D eigenvalue weighted by molar-refractivity contribution is 1.39. The summed E-state index contributed by atoms with van der Waals surface area (Å²) >= 11 is 10.3. The highest BCUT2D eigenvalue weighted by Gasteiger charge is 2.11. The SMILES string of the molecule is Cc1cc2c(sc3cc(Cl)ccc32)c(C)c1I. The number of fused-ring (bicyclic) bond motifs is 3. The first-order valence-corrected chi connectivity index (χ1v) is 7.62. The van der Waals surface area contributed by atoms with E-state index in [0.717, 1.165) is 5.02 Å². The smallest absolute Gasteiger partial charge is 0.0420 e. The van der Waals surface area contributed by atoms with Gasteiger partial charge in [-0.1, -0.05) is 17.7 Å². The van der Waals surface area contributed by atoms with E-state index in [0.29, 0.717) is 0 Å². The zero-order valence-electron chi connectivity index (χ0n) is 9.47. The van der Waals surface area contributed by atoms with Crippen LogP contribution in [0.25, 0.3) is 20.2 Å². The van der Waals surface area contributed by atoms with Crippen molar-refractivity contribution in [3.05, 3.63) is 44.0 Å². The molecule has 0 aliphatic heterocycles. The minimum atomic E-state index is 0.813. The summed E-state index contributed by atoms with van der Waals surface area (Å²) in [5.74, 6) is 0. The number of rotatable bonds is 0. The molecule has 0 unspecified atom stereocenters. The third-order valence-electron chi connectivity index (χ3n) is 3.07. The van der Waals surface area contributed by atoms with Crippen molar-refractivity contribution in [3.8, 4) is 0 Å². The van der Waals surface area contributed by atoms with Crippen LogP contribution in [0.1, 0.15) is 11.1 Å². The van der Waals surface area contributed by atoms with Crippen LogP contribution < -0.4 is 0 Å². The predicted octanol–water partition coefficient (Wildman–Crippen LogP) is 5.93. The average molecular weight is 373 g/mol. The number of hydrogen-bond acceptors (Lipinski definition) is 1. The van der Waals surface area contributed by atoms with E-state index in [4.69, 9.17) is 11.6 Å². The van der Waals surface area contributed by atoms with Crippen molar-refractivity contribution in [2.24, 2.45) is 0 Å². The average Bonchev–Trinajstić information content (AvgIpc) is 2.64. The van der Waals surface area contributed by atoms with Crippen LogP contribution in [-0.4, -0.2) is 0 Å². The molecule has 0 atom stereocenters. The monoisotopic (exact) mass is 372 g/mol. The van der Waals surface area contributed by atoms with Crippen molar-refractivity contribution in [1.29, 1.82) is 0 Å². The van der Waals surface area contributed by atoms with Gasteiger partial charge in [0.2, 0.25) is 0 Å². The van der Waals surface area contributed by atoms with Gasteiger partial charge in [-0.25, -0.2) is 0 Å². The summed E-state index contributed by atoms with van der Waals surface area (Å²) in [6, 6.07) is 8.45. The van der Waals surface area contributed by atoms with Crippen molar-refractivity contribution >= 4 is 65.7 Å².